The molecule has 5 heteroatoms. The summed E-state index contributed by atoms with van der Waals surface area (Å²) < 4.78 is 0. The van der Waals surface area contributed by atoms with E-state index in [1.165, 1.54) is 42.6 Å². The van der Waals surface area contributed by atoms with E-state index in [-0.39, 0.29) is 11.8 Å². The van der Waals surface area contributed by atoms with Crippen LogP contribution >= 0.6 is 11.6 Å². The van der Waals surface area contributed by atoms with Gasteiger partial charge in [0.25, 0.3) is 0 Å². The predicted octanol–water partition coefficient (Wildman–Crippen LogP) is 5.10. The number of halogens is 1. The third-order valence-corrected chi connectivity index (χ3v) is 7.23. The molecule has 4 nitrogen and oxygen atoms in total. The molecule has 2 saturated heterocycles. The Hall–Kier alpha value is -1.88. The van der Waals surface area contributed by atoms with Gasteiger partial charge in [0.1, 0.15) is 0 Å². The number of amides is 1. The van der Waals surface area contributed by atoms with Gasteiger partial charge in [0.05, 0.1) is 0 Å². The largest absolute Gasteiger partial charge is 0.352 e. The van der Waals surface area contributed by atoms with Gasteiger partial charge in [-0.15, -0.1) is 0 Å². The summed E-state index contributed by atoms with van der Waals surface area (Å²) in [4.78, 5) is 17.7. The van der Waals surface area contributed by atoms with Crippen molar-refractivity contribution in [2.24, 2.45) is 11.8 Å². The summed E-state index contributed by atoms with van der Waals surface area (Å²) in [6.07, 6.45) is 4.43. The van der Waals surface area contributed by atoms with Crippen molar-refractivity contribution in [1.29, 1.82) is 0 Å². The molecule has 0 atom stereocenters. The molecule has 2 heterocycles. The zero-order valence-electron chi connectivity index (χ0n) is 19.2. The summed E-state index contributed by atoms with van der Waals surface area (Å²) in [5, 5.41) is 3.97. The standard InChI is InChI=1S/C27H36ClN3O/c1-21-8-12-30(13-9-21)19-23-5-2-4-22(16-23)18-29-27(32)25-10-14-31(15-11-25)20-24-6-3-7-26(28)17-24/h2-7,16-17,21,25H,8-15,18-20H2,1H3,(H,29,32). The van der Waals surface area contributed by atoms with Crippen molar-refractivity contribution in [3.63, 3.8) is 0 Å². The highest BCUT2D eigenvalue weighted by Gasteiger charge is 2.25. The molecule has 2 aromatic carbocycles. The Kier molecular flexibility index (Phi) is 8.23. The van der Waals surface area contributed by atoms with Crippen LogP contribution in [-0.2, 0) is 24.4 Å². The van der Waals surface area contributed by atoms with Crippen molar-refractivity contribution in [2.45, 2.75) is 52.2 Å². The van der Waals surface area contributed by atoms with Gasteiger partial charge in [-0.25, -0.2) is 0 Å². The average molecular weight is 454 g/mol. The lowest BCUT2D eigenvalue weighted by atomic mass is 9.95. The number of piperidine rings is 2. The SMILES string of the molecule is CC1CCN(Cc2cccc(CNC(=O)C3CCN(Cc4cccc(Cl)c4)CC3)c2)CC1. The van der Waals surface area contributed by atoms with Crippen molar-refractivity contribution < 1.29 is 4.79 Å². The van der Waals surface area contributed by atoms with Crippen LogP contribution in [-0.4, -0.2) is 41.9 Å². The topological polar surface area (TPSA) is 35.6 Å². The summed E-state index contributed by atoms with van der Waals surface area (Å²) in [6.45, 7) is 9.17. The molecule has 0 aliphatic carbocycles. The van der Waals surface area contributed by atoms with Gasteiger partial charge < -0.3 is 5.32 Å². The van der Waals surface area contributed by atoms with Crippen LogP contribution in [0.3, 0.4) is 0 Å². The van der Waals surface area contributed by atoms with E-state index < -0.39 is 0 Å². The molecule has 0 radical (unpaired) electrons. The highest BCUT2D eigenvalue weighted by atomic mass is 35.5. The Morgan fingerprint density at radius 3 is 2.09 bits per heavy atom. The van der Waals surface area contributed by atoms with Crippen molar-refractivity contribution in [3.8, 4) is 0 Å². The molecule has 0 spiro atoms. The Bertz CT molecular complexity index is 886. The first-order valence-corrected chi connectivity index (χ1v) is 12.5. The number of likely N-dealkylation sites (tertiary alicyclic amines) is 2. The van der Waals surface area contributed by atoms with Gasteiger partial charge in [-0.1, -0.05) is 54.9 Å². The minimum atomic E-state index is 0.115. The van der Waals surface area contributed by atoms with Crippen molar-refractivity contribution in [2.75, 3.05) is 26.2 Å². The van der Waals surface area contributed by atoms with Gasteiger partial charge in [-0.05, 0) is 86.6 Å². The number of nitrogens with zero attached hydrogens (tertiary/aromatic N) is 2. The molecule has 172 valence electrons. The molecule has 0 saturated carbocycles. The molecule has 2 aliphatic rings. The van der Waals surface area contributed by atoms with E-state index in [2.05, 4.69) is 52.4 Å². The van der Waals surface area contributed by atoms with Crippen LogP contribution in [0.1, 0.15) is 49.3 Å². The van der Waals surface area contributed by atoms with Crippen LogP contribution < -0.4 is 5.32 Å². The minimum Gasteiger partial charge on any atom is -0.352 e. The van der Waals surface area contributed by atoms with Gasteiger partial charge >= 0.3 is 0 Å². The van der Waals surface area contributed by atoms with Crippen LogP contribution in [0.4, 0.5) is 0 Å². The van der Waals surface area contributed by atoms with Crippen molar-refractivity contribution >= 4 is 17.5 Å². The Labute approximate surface area is 197 Å². The van der Waals surface area contributed by atoms with Crippen LogP contribution in [0, 0.1) is 11.8 Å². The molecule has 2 aromatic rings. The monoisotopic (exact) mass is 453 g/mol. The van der Waals surface area contributed by atoms with Gasteiger partial charge in [-0.2, -0.15) is 0 Å². The number of nitrogens with one attached hydrogen (secondary N) is 1. The zero-order valence-corrected chi connectivity index (χ0v) is 20.0. The maximum absolute atomic E-state index is 12.8. The number of hydrogen-bond acceptors (Lipinski definition) is 3. The molecule has 2 aliphatic heterocycles. The summed E-state index contributed by atoms with van der Waals surface area (Å²) in [5.41, 5.74) is 3.78. The second-order valence-corrected chi connectivity index (χ2v) is 10.1. The van der Waals surface area contributed by atoms with E-state index in [4.69, 9.17) is 11.6 Å². The molecule has 32 heavy (non-hydrogen) atoms. The fourth-order valence-corrected chi connectivity index (χ4v) is 5.11. The van der Waals surface area contributed by atoms with Gasteiger partial charge in [0.15, 0.2) is 0 Å². The number of benzene rings is 2. The first-order valence-electron chi connectivity index (χ1n) is 12.1. The number of carbonyl (C=O) groups is 1. The summed E-state index contributed by atoms with van der Waals surface area (Å²) >= 11 is 6.10. The normalized spacial score (nSPS) is 19.2. The van der Waals surface area contributed by atoms with E-state index in [0.29, 0.717) is 6.54 Å². The third-order valence-electron chi connectivity index (χ3n) is 6.99. The Balaban J connectivity index is 1.20. The summed E-state index contributed by atoms with van der Waals surface area (Å²) in [7, 11) is 0. The molecular weight excluding hydrogens is 418 g/mol. The molecule has 0 aromatic heterocycles. The van der Waals surface area contributed by atoms with Crippen LogP contribution in [0.5, 0.6) is 0 Å². The first kappa shape index (κ1) is 23.3. The van der Waals surface area contributed by atoms with Gasteiger partial charge in [-0.3, -0.25) is 14.6 Å². The first-order chi connectivity index (χ1) is 15.5. The molecule has 0 bridgehead atoms. The van der Waals surface area contributed by atoms with Crippen LogP contribution in [0.15, 0.2) is 48.5 Å². The maximum atomic E-state index is 12.8. The van der Waals surface area contributed by atoms with E-state index in [9.17, 15) is 4.79 Å². The van der Waals surface area contributed by atoms with Crippen LogP contribution in [0.2, 0.25) is 5.02 Å². The molecular formula is C27H36ClN3O. The summed E-state index contributed by atoms with van der Waals surface area (Å²) in [6, 6.07) is 16.8. The third kappa shape index (κ3) is 6.81. The fraction of sp³-hybridized carbons (Fsp3) is 0.519. The average Bonchev–Trinajstić information content (AvgIpc) is 2.80. The molecule has 2 fully saturated rings. The quantitative estimate of drug-likeness (QED) is 0.633. The second-order valence-electron chi connectivity index (χ2n) is 9.68. The Morgan fingerprint density at radius 1 is 0.875 bits per heavy atom. The molecule has 0 unspecified atom stereocenters. The molecule has 4 rings (SSSR count). The Morgan fingerprint density at radius 2 is 1.44 bits per heavy atom. The highest BCUT2D eigenvalue weighted by molar-refractivity contribution is 6.30. The molecule has 1 N–H and O–H groups in total. The minimum absolute atomic E-state index is 0.115. The molecule has 1 amide bonds. The lowest BCUT2D eigenvalue weighted by molar-refractivity contribution is -0.126. The van der Waals surface area contributed by atoms with E-state index in [1.807, 2.05) is 18.2 Å². The highest BCUT2D eigenvalue weighted by Crippen LogP contribution is 2.21. The lowest BCUT2D eigenvalue weighted by Crippen LogP contribution is -2.40. The van der Waals surface area contributed by atoms with E-state index in [1.54, 1.807) is 0 Å². The van der Waals surface area contributed by atoms with Crippen molar-refractivity contribution in [3.05, 3.63) is 70.2 Å². The fourth-order valence-electron chi connectivity index (χ4n) is 4.90. The second kappa shape index (κ2) is 11.3. The number of carbonyl (C=O) groups excluding carboxylic acids is 1. The summed E-state index contributed by atoms with van der Waals surface area (Å²) in [5.74, 6) is 1.17. The lowest BCUT2D eigenvalue weighted by Gasteiger charge is -2.31. The number of hydrogen-bond donors (Lipinski definition) is 1. The van der Waals surface area contributed by atoms with Crippen LogP contribution in [0.25, 0.3) is 0 Å². The van der Waals surface area contributed by atoms with Gasteiger partial charge in [0, 0.05) is 30.6 Å². The smallest absolute Gasteiger partial charge is 0.223 e. The zero-order chi connectivity index (χ0) is 22.3. The predicted molar refractivity (Wildman–Crippen MR) is 131 cm³/mol. The number of rotatable bonds is 7. The van der Waals surface area contributed by atoms with Gasteiger partial charge in [0.2, 0.25) is 5.91 Å². The van der Waals surface area contributed by atoms with E-state index >= 15 is 0 Å². The maximum Gasteiger partial charge on any atom is 0.223 e. The van der Waals surface area contributed by atoms with E-state index in [0.717, 1.165) is 50.0 Å². The van der Waals surface area contributed by atoms with Crippen molar-refractivity contribution in [1.82, 2.24) is 15.1 Å².